The molecule has 3 nitrogen and oxygen atoms in total. The SMILES string of the molecule is CS(=O)(=O)n1cc(I)c2ccc(Cl)cc21. The minimum Gasteiger partial charge on any atom is -0.244 e. The first-order valence-electron chi connectivity index (χ1n) is 4.06. The molecule has 2 rings (SSSR count). The van der Waals surface area contributed by atoms with E-state index >= 15 is 0 Å². The van der Waals surface area contributed by atoms with Crippen molar-refractivity contribution >= 4 is 55.1 Å². The molecule has 2 aromatic rings. The molecule has 0 aliphatic heterocycles. The van der Waals surface area contributed by atoms with Gasteiger partial charge in [-0.1, -0.05) is 17.7 Å². The summed E-state index contributed by atoms with van der Waals surface area (Å²) in [5.74, 6) is 0. The quantitative estimate of drug-likeness (QED) is 0.738. The van der Waals surface area contributed by atoms with E-state index in [-0.39, 0.29) is 0 Å². The molecule has 0 radical (unpaired) electrons. The molecule has 0 aliphatic carbocycles. The van der Waals surface area contributed by atoms with Crippen LogP contribution >= 0.6 is 34.2 Å². The van der Waals surface area contributed by atoms with Gasteiger partial charge in [-0.25, -0.2) is 12.4 Å². The number of rotatable bonds is 1. The van der Waals surface area contributed by atoms with Crippen LogP contribution in [-0.4, -0.2) is 18.6 Å². The summed E-state index contributed by atoms with van der Waals surface area (Å²) in [5, 5.41) is 1.42. The molecular formula is C9H7ClINO2S. The molecule has 6 heteroatoms. The summed E-state index contributed by atoms with van der Waals surface area (Å²) in [7, 11) is -3.27. The smallest absolute Gasteiger partial charge is 0.236 e. The van der Waals surface area contributed by atoms with E-state index in [4.69, 9.17) is 11.6 Å². The van der Waals surface area contributed by atoms with Gasteiger partial charge in [0.05, 0.1) is 11.8 Å². The predicted octanol–water partition coefficient (Wildman–Crippen LogP) is 2.71. The average Bonchev–Trinajstić information content (AvgIpc) is 2.42. The summed E-state index contributed by atoms with van der Waals surface area (Å²) < 4.78 is 25.1. The summed E-state index contributed by atoms with van der Waals surface area (Å²) in [6, 6.07) is 5.22. The predicted molar refractivity (Wildman–Crippen MR) is 69.9 cm³/mol. The number of fused-ring (bicyclic) bond motifs is 1. The molecule has 0 fully saturated rings. The number of halogens is 2. The van der Waals surface area contributed by atoms with Gasteiger partial charge >= 0.3 is 0 Å². The lowest BCUT2D eigenvalue weighted by Gasteiger charge is -2.01. The zero-order valence-electron chi connectivity index (χ0n) is 7.74. The third-order valence-corrected chi connectivity index (χ3v) is 4.15. The van der Waals surface area contributed by atoms with Crippen LogP contribution in [0.1, 0.15) is 0 Å². The number of hydrogen-bond donors (Lipinski definition) is 0. The Labute approximate surface area is 106 Å². The zero-order chi connectivity index (χ0) is 11.2. The molecule has 0 saturated carbocycles. The maximum Gasteiger partial charge on any atom is 0.236 e. The highest BCUT2D eigenvalue weighted by Gasteiger charge is 2.13. The molecule has 15 heavy (non-hydrogen) atoms. The molecule has 80 valence electrons. The van der Waals surface area contributed by atoms with E-state index in [1.807, 2.05) is 6.07 Å². The second kappa shape index (κ2) is 3.64. The molecule has 0 spiro atoms. The van der Waals surface area contributed by atoms with Crippen LogP contribution in [0.2, 0.25) is 5.02 Å². The van der Waals surface area contributed by atoms with E-state index in [1.165, 1.54) is 10.2 Å². The largest absolute Gasteiger partial charge is 0.244 e. The lowest BCUT2D eigenvalue weighted by atomic mass is 10.2. The fourth-order valence-electron chi connectivity index (χ4n) is 1.41. The van der Waals surface area contributed by atoms with Gasteiger partial charge in [-0.2, -0.15) is 0 Å². The van der Waals surface area contributed by atoms with Gasteiger partial charge in [-0.3, -0.25) is 0 Å². The van der Waals surface area contributed by atoms with Gasteiger partial charge < -0.3 is 0 Å². The van der Waals surface area contributed by atoms with E-state index in [9.17, 15) is 8.42 Å². The van der Waals surface area contributed by atoms with Crippen LogP contribution in [-0.2, 0) is 10.0 Å². The average molecular weight is 356 g/mol. The highest BCUT2D eigenvalue weighted by molar-refractivity contribution is 14.1. The molecule has 1 aromatic carbocycles. The van der Waals surface area contributed by atoms with Gasteiger partial charge in [0.2, 0.25) is 10.0 Å². The Morgan fingerprint density at radius 1 is 1.40 bits per heavy atom. The van der Waals surface area contributed by atoms with Crippen molar-refractivity contribution in [3.63, 3.8) is 0 Å². The number of nitrogens with zero attached hydrogens (tertiary/aromatic N) is 1. The van der Waals surface area contributed by atoms with Crippen molar-refractivity contribution in [1.82, 2.24) is 3.97 Å². The lowest BCUT2D eigenvalue weighted by Crippen LogP contribution is -2.08. The molecule has 0 unspecified atom stereocenters. The minimum absolute atomic E-state index is 0.530. The molecule has 1 aromatic heterocycles. The molecule has 0 saturated heterocycles. The first-order chi connectivity index (χ1) is 6.89. The molecule has 1 heterocycles. The normalized spacial score (nSPS) is 12.2. The topological polar surface area (TPSA) is 39.1 Å². The van der Waals surface area contributed by atoms with Gasteiger partial charge in [-0.15, -0.1) is 0 Å². The number of benzene rings is 1. The van der Waals surface area contributed by atoms with Gasteiger partial charge in [-0.05, 0) is 34.7 Å². The summed E-state index contributed by atoms with van der Waals surface area (Å²) in [6.45, 7) is 0. The summed E-state index contributed by atoms with van der Waals surface area (Å²) in [4.78, 5) is 0. The molecule has 0 N–H and O–H groups in total. The van der Waals surface area contributed by atoms with E-state index < -0.39 is 10.0 Å². The van der Waals surface area contributed by atoms with Crippen LogP contribution in [0.5, 0.6) is 0 Å². The van der Waals surface area contributed by atoms with Crippen LogP contribution in [0.15, 0.2) is 24.4 Å². The minimum atomic E-state index is -3.27. The lowest BCUT2D eigenvalue weighted by molar-refractivity contribution is 0.595. The number of aromatic nitrogens is 1. The summed E-state index contributed by atoms with van der Waals surface area (Å²) in [6.07, 6.45) is 2.76. The standard InChI is InChI=1S/C9H7ClINO2S/c1-15(13,14)12-5-8(11)7-3-2-6(10)4-9(7)12/h2-5H,1H3. The van der Waals surface area contributed by atoms with Gasteiger partial charge in [0.15, 0.2) is 0 Å². The second-order valence-electron chi connectivity index (χ2n) is 3.20. The van der Waals surface area contributed by atoms with Crippen LogP contribution in [0.4, 0.5) is 0 Å². The van der Waals surface area contributed by atoms with Crippen molar-refractivity contribution in [2.45, 2.75) is 0 Å². The summed E-state index contributed by atoms with van der Waals surface area (Å²) >= 11 is 7.94. The highest BCUT2D eigenvalue weighted by Crippen LogP contribution is 2.26. The van der Waals surface area contributed by atoms with Gasteiger partial charge in [0.1, 0.15) is 0 Å². The van der Waals surface area contributed by atoms with Crippen molar-refractivity contribution in [1.29, 1.82) is 0 Å². The van der Waals surface area contributed by atoms with Gasteiger partial charge in [0.25, 0.3) is 0 Å². The first kappa shape index (κ1) is 11.2. The maximum atomic E-state index is 11.5. The van der Waals surface area contributed by atoms with Crippen LogP contribution in [0, 0.1) is 3.57 Å². The van der Waals surface area contributed by atoms with E-state index in [0.29, 0.717) is 10.5 Å². The first-order valence-corrected chi connectivity index (χ1v) is 7.37. The Balaban J connectivity index is 2.94. The van der Waals surface area contributed by atoms with Crippen LogP contribution in [0.25, 0.3) is 10.9 Å². The van der Waals surface area contributed by atoms with Crippen molar-refractivity contribution in [3.05, 3.63) is 33.0 Å². The van der Waals surface area contributed by atoms with Gasteiger partial charge in [0, 0.05) is 20.2 Å². The Morgan fingerprint density at radius 2 is 2.07 bits per heavy atom. The third-order valence-electron chi connectivity index (χ3n) is 2.04. The highest BCUT2D eigenvalue weighted by atomic mass is 127. The van der Waals surface area contributed by atoms with E-state index in [1.54, 1.807) is 18.3 Å². The fourth-order valence-corrected chi connectivity index (χ4v) is 3.30. The zero-order valence-corrected chi connectivity index (χ0v) is 11.5. The molecular weight excluding hydrogens is 349 g/mol. The monoisotopic (exact) mass is 355 g/mol. The molecule has 0 aliphatic rings. The van der Waals surface area contributed by atoms with Crippen molar-refractivity contribution < 1.29 is 8.42 Å². The number of hydrogen-bond acceptors (Lipinski definition) is 2. The van der Waals surface area contributed by atoms with Crippen molar-refractivity contribution in [3.8, 4) is 0 Å². The Hall–Kier alpha value is -0.270. The van der Waals surface area contributed by atoms with E-state index in [2.05, 4.69) is 22.6 Å². The molecule has 0 atom stereocenters. The van der Waals surface area contributed by atoms with Crippen molar-refractivity contribution in [2.75, 3.05) is 6.26 Å². The van der Waals surface area contributed by atoms with Crippen molar-refractivity contribution in [2.24, 2.45) is 0 Å². The Kier molecular flexibility index (Phi) is 2.72. The second-order valence-corrected chi connectivity index (χ2v) is 6.66. The van der Waals surface area contributed by atoms with Crippen LogP contribution < -0.4 is 0 Å². The Bertz CT molecular complexity index is 633. The Morgan fingerprint density at radius 3 is 2.67 bits per heavy atom. The third kappa shape index (κ3) is 2.00. The van der Waals surface area contributed by atoms with E-state index in [0.717, 1.165) is 8.96 Å². The fraction of sp³-hybridized carbons (Fsp3) is 0.111. The molecule has 0 bridgehead atoms. The molecule has 0 amide bonds. The van der Waals surface area contributed by atoms with Crippen LogP contribution in [0.3, 0.4) is 0 Å². The maximum absolute atomic E-state index is 11.5. The summed E-state index contributed by atoms with van der Waals surface area (Å²) in [5.41, 5.74) is 0.620.